The first-order valence-corrected chi connectivity index (χ1v) is 10.2. The first-order chi connectivity index (χ1) is 12.8. The first kappa shape index (κ1) is 20.2. The molecule has 0 saturated carbocycles. The molecule has 1 aromatic heterocycles. The van der Waals surface area contributed by atoms with E-state index in [1.165, 1.54) is 0 Å². The van der Waals surface area contributed by atoms with Crippen molar-refractivity contribution in [2.24, 2.45) is 0 Å². The van der Waals surface area contributed by atoms with E-state index >= 15 is 0 Å². The number of carbonyl (C=O) groups is 1. The first-order valence-electron chi connectivity index (χ1n) is 9.43. The number of morpholine rings is 1. The molecule has 7 heteroatoms. The van der Waals surface area contributed by atoms with Crippen molar-refractivity contribution in [2.75, 3.05) is 26.2 Å². The van der Waals surface area contributed by atoms with Gasteiger partial charge in [-0.1, -0.05) is 12.1 Å². The molecule has 2 heterocycles. The third kappa shape index (κ3) is 5.48. The molecule has 1 saturated heterocycles. The molecule has 3 rings (SSSR count). The van der Waals surface area contributed by atoms with Crippen LogP contribution in [-0.2, 0) is 20.9 Å². The van der Waals surface area contributed by atoms with E-state index in [2.05, 4.69) is 42.9 Å². The molecule has 1 fully saturated rings. The lowest BCUT2D eigenvalue weighted by molar-refractivity contribution is -0.127. The number of amides is 1. The van der Waals surface area contributed by atoms with Gasteiger partial charge in [0.15, 0.2) is 0 Å². The van der Waals surface area contributed by atoms with Crippen LogP contribution >= 0.6 is 11.3 Å². The smallest absolute Gasteiger partial charge is 0.246 e. The van der Waals surface area contributed by atoms with Gasteiger partial charge in [0.1, 0.15) is 11.6 Å². The highest BCUT2D eigenvalue weighted by Crippen LogP contribution is 2.22. The fourth-order valence-electron chi connectivity index (χ4n) is 3.36. The lowest BCUT2D eigenvalue weighted by Gasteiger charge is -2.45. The summed E-state index contributed by atoms with van der Waals surface area (Å²) in [4.78, 5) is 19.1. The maximum atomic E-state index is 12.2. The van der Waals surface area contributed by atoms with Crippen LogP contribution in [0.2, 0.25) is 0 Å². The number of carbonyl (C=O) groups excluding carboxylic acids is 1. The van der Waals surface area contributed by atoms with Crippen LogP contribution in [0.1, 0.15) is 32.7 Å². The summed E-state index contributed by atoms with van der Waals surface area (Å²) in [7, 11) is 0. The molecule has 1 amide bonds. The fourth-order valence-corrected chi connectivity index (χ4v) is 4.27. The van der Waals surface area contributed by atoms with Crippen LogP contribution in [0.15, 0.2) is 24.3 Å². The Morgan fingerprint density at radius 1 is 1.33 bits per heavy atom. The largest absolute Gasteiger partial charge is 0.373 e. The molecule has 0 aliphatic carbocycles. The Kier molecular flexibility index (Phi) is 6.47. The van der Waals surface area contributed by atoms with E-state index in [4.69, 9.17) is 9.47 Å². The summed E-state index contributed by atoms with van der Waals surface area (Å²) in [5.74, 6) is -0.0986. The van der Waals surface area contributed by atoms with Gasteiger partial charge in [0.2, 0.25) is 5.91 Å². The van der Waals surface area contributed by atoms with E-state index < -0.39 is 0 Å². The van der Waals surface area contributed by atoms with Crippen molar-refractivity contribution in [3.63, 3.8) is 0 Å². The monoisotopic (exact) mass is 391 g/mol. The number of ether oxygens (including phenoxy) is 2. The van der Waals surface area contributed by atoms with Crippen LogP contribution < -0.4 is 5.32 Å². The Labute approximate surface area is 164 Å². The van der Waals surface area contributed by atoms with Gasteiger partial charge in [-0.25, -0.2) is 4.98 Å². The molecule has 1 aliphatic heterocycles. The number of benzene rings is 1. The molecule has 27 heavy (non-hydrogen) atoms. The van der Waals surface area contributed by atoms with Gasteiger partial charge in [0.05, 0.1) is 29.0 Å². The van der Waals surface area contributed by atoms with E-state index in [1.54, 1.807) is 11.3 Å². The number of nitrogens with zero attached hydrogens (tertiary/aromatic N) is 2. The zero-order valence-corrected chi connectivity index (χ0v) is 17.3. The summed E-state index contributed by atoms with van der Waals surface area (Å²) in [6, 6.07) is 7.99. The summed E-state index contributed by atoms with van der Waals surface area (Å²) < 4.78 is 12.5. The van der Waals surface area contributed by atoms with Crippen molar-refractivity contribution in [3.8, 4) is 0 Å². The normalized spacial score (nSPS) is 21.5. The molecule has 1 N–H and O–H groups in total. The van der Waals surface area contributed by atoms with E-state index in [9.17, 15) is 4.79 Å². The van der Waals surface area contributed by atoms with Crippen molar-refractivity contribution in [1.29, 1.82) is 0 Å². The molecule has 2 aromatic rings. The highest BCUT2D eigenvalue weighted by atomic mass is 32.1. The number of nitrogens with one attached hydrogen (secondary N) is 1. The van der Waals surface area contributed by atoms with Gasteiger partial charge in [-0.05, 0) is 39.8 Å². The van der Waals surface area contributed by atoms with Crippen LogP contribution in [0.3, 0.4) is 0 Å². The van der Waals surface area contributed by atoms with Crippen molar-refractivity contribution in [3.05, 3.63) is 29.3 Å². The van der Waals surface area contributed by atoms with Crippen LogP contribution in [0.5, 0.6) is 0 Å². The number of hydrogen-bond acceptors (Lipinski definition) is 6. The molecule has 2 atom stereocenters. The summed E-state index contributed by atoms with van der Waals surface area (Å²) in [6.07, 6.45) is 0.418. The zero-order chi connectivity index (χ0) is 19.4. The molecular formula is C20H29N3O3S. The van der Waals surface area contributed by atoms with Gasteiger partial charge in [-0.15, -0.1) is 11.3 Å². The molecule has 1 aromatic carbocycles. The number of aromatic nitrogens is 1. The highest BCUT2D eigenvalue weighted by molar-refractivity contribution is 7.18. The SMILES string of the molecule is C[C@@H]1CN(C(C)(C)CNC(=O)COCc2nc3ccccc3s2)C[C@H](C)O1. The Morgan fingerprint density at radius 3 is 2.74 bits per heavy atom. The maximum absolute atomic E-state index is 12.2. The van der Waals surface area contributed by atoms with Gasteiger partial charge in [0, 0.05) is 25.2 Å². The average Bonchev–Trinajstić information content (AvgIpc) is 3.02. The molecule has 0 bridgehead atoms. The fraction of sp³-hybridized carbons (Fsp3) is 0.600. The minimum atomic E-state index is -0.130. The van der Waals surface area contributed by atoms with Crippen LogP contribution in [0, 0.1) is 0 Å². The third-order valence-electron chi connectivity index (χ3n) is 4.79. The van der Waals surface area contributed by atoms with Crippen LogP contribution in [-0.4, -0.2) is 59.8 Å². The number of thiazole rings is 1. The van der Waals surface area contributed by atoms with E-state index in [0.29, 0.717) is 13.2 Å². The van der Waals surface area contributed by atoms with Gasteiger partial charge < -0.3 is 14.8 Å². The van der Waals surface area contributed by atoms with Crippen molar-refractivity contribution in [2.45, 2.75) is 52.0 Å². The second-order valence-corrected chi connectivity index (χ2v) is 8.93. The number of hydrogen-bond donors (Lipinski definition) is 1. The molecule has 0 unspecified atom stereocenters. The molecule has 148 valence electrons. The number of para-hydroxylation sites is 1. The molecule has 0 spiro atoms. The average molecular weight is 392 g/mol. The minimum absolute atomic E-state index is 0.0436. The Hall–Kier alpha value is -1.54. The quantitative estimate of drug-likeness (QED) is 0.786. The second-order valence-electron chi connectivity index (χ2n) is 7.82. The van der Waals surface area contributed by atoms with Gasteiger partial charge >= 0.3 is 0 Å². The third-order valence-corrected chi connectivity index (χ3v) is 5.80. The van der Waals surface area contributed by atoms with Crippen molar-refractivity contribution < 1.29 is 14.3 Å². The lowest BCUT2D eigenvalue weighted by Crippen LogP contribution is -2.58. The Balaban J connectivity index is 1.42. The lowest BCUT2D eigenvalue weighted by atomic mass is 10.00. The zero-order valence-electron chi connectivity index (χ0n) is 16.5. The van der Waals surface area contributed by atoms with Gasteiger partial charge in [-0.3, -0.25) is 9.69 Å². The predicted molar refractivity (Wildman–Crippen MR) is 108 cm³/mol. The van der Waals surface area contributed by atoms with Gasteiger partial charge in [-0.2, -0.15) is 0 Å². The molecule has 0 radical (unpaired) electrons. The Bertz CT molecular complexity index is 734. The topological polar surface area (TPSA) is 63.7 Å². The maximum Gasteiger partial charge on any atom is 0.246 e. The van der Waals surface area contributed by atoms with E-state index in [0.717, 1.165) is 28.3 Å². The summed E-state index contributed by atoms with van der Waals surface area (Å²) in [5.41, 5.74) is 0.843. The van der Waals surface area contributed by atoms with E-state index in [1.807, 2.05) is 24.3 Å². The van der Waals surface area contributed by atoms with Crippen molar-refractivity contribution >= 4 is 27.5 Å². The standard InChI is InChI=1S/C20H29N3O3S/c1-14-9-23(10-15(2)26-14)20(3,4)13-21-18(24)11-25-12-19-22-16-7-5-6-8-17(16)27-19/h5-8,14-15H,9-13H2,1-4H3,(H,21,24)/t14-,15+. The summed E-state index contributed by atoms with van der Waals surface area (Å²) >= 11 is 1.60. The van der Waals surface area contributed by atoms with Crippen LogP contribution in [0.25, 0.3) is 10.2 Å². The summed E-state index contributed by atoms with van der Waals surface area (Å²) in [5, 5.41) is 3.89. The van der Waals surface area contributed by atoms with E-state index in [-0.39, 0.29) is 30.3 Å². The predicted octanol–water partition coefficient (Wildman–Crippen LogP) is 2.82. The Morgan fingerprint density at radius 2 is 2.04 bits per heavy atom. The number of rotatable bonds is 7. The molecule has 1 aliphatic rings. The van der Waals surface area contributed by atoms with Gasteiger partial charge in [0.25, 0.3) is 0 Å². The molecular weight excluding hydrogens is 362 g/mol. The highest BCUT2D eigenvalue weighted by Gasteiger charge is 2.33. The second kappa shape index (κ2) is 8.65. The summed E-state index contributed by atoms with van der Waals surface area (Å²) in [6.45, 7) is 11.2. The molecule has 6 nitrogen and oxygen atoms in total. The van der Waals surface area contributed by atoms with Crippen LogP contribution in [0.4, 0.5) is 0 Å². The minimum Gasteiger partial charge on any atom is -0.373 e. The number of fused-ring (bicyclic) bond motifs is 1. The van der Waals surface area contributed by atoms with Crippen molar-refractivity contribution in [1.82, 2.24) is 15.2 Å².